The summed E-state index contributed by atoms with van der Waals surface area (Å²) in [5.41, 5.74) is 0.424. The van der Waals surface area contributed by atoms with Crippen LogP contribution in [-0.2, 0) is 9.59 Å². The van der Waals surface area contributed by atoms with Crippen LogP contribution in [0.4, 0.5) is 10.1 Å². The molecule has 0 unspecified atom stereocenters. The van der Waals surface area contributed by atoms with E-state index in [0.29, 0.717) is 12.2 Å². The van der Waals surface area contributed by atoms with Crippen LogP contribution in [0.3, 0.4) is 0 Å². The highest BCUT2D eigenvalue weighted by Gasteiger charge is 2.46. The van der Waals surface area contributed by atoms with Gasteiger partial charge in [0.2, 0.25) is 11.8 Å². The minimum atomic E-state index is -0.463. The summed E-state index contributed by atoms with van der Waals surface area (Å²) in [7, 11) is 0. The number of likely N-dealkylation sites (tertiary alicyclic amines) is 1. The number of benzene rings is 1. The molecule has 0 radical (unpaired) electrons. The summed E-state index contributed by atoms with van der Waals surface area (Å²) in [4.78, 5) is 26.7. The Morgan fingerprint density at radius 2 is 1.86 bits per heavy atom. The second kappa shape index (κ2) is 7.99. The Hall–Kier alpha value is -1.66. The van der Waals surface area contributed by atoms with Gasteiger partial charge >= 0.3 is 0 Å². The van der Waals surface area contributed by atoms with Gasteiger partial charge in [0.05, 0.1) is 6.54 Å². The van der Waals surface area contributed by atoms with E-state index in [9.17, 15) is 14.0 Å². The molecule has 1 aromatic carbocycles. The number of nitrogens with one attached hydrogen (secondary N) is 2. The highest BCUT2D eigenvalue weighted by Crippen LogP contribution is 2.45. The molecule has 5 nitrogen and oxygen atoms in total. The van der Waals surface area contributed by atoms with Crippen LogP contribution in [0, 0.1) is 17.2 Å². The van der Waals surface area contributed by atoms with Gasteiger partial charge in [-0.3, -0.25) is 14.5 Å². The lowest BCUT2D eigenvalue weighted by Gasteiger charge is -2.53. The molecule has 3 rings (SSSR count). The zero-order valence-corrected chi connectivity index (χ0v) is 17.5. The van der Waals surface area contributed by atoms with Crippen LogP contribution in [0.25, 0.3) is 0 Å². The Balaban J connectivity index is 1.44. The van der Waals surface area contributed by atoms with Crippen LogP contribution >= 0.6 is 11.6 Å². The third kappa shape index (κ3) is 5.45. The van der Waals surface area contributed by atoms with Crippen molar-refractivity contribution < 1.29 is 14.0 Å². The van der Waals surface area contributed by atoms with Crippen molar-refractivity contribution in [1.82, 2.24) is 10.2 Å². The molecule has 2 N–H and O–H groups in total. The van der Waals surface area contributed by atoms with Crippen molar-refractivity contribution in [2.75, 3.05) is 25.0 Å². The van der Waals surface area contributed by atoms with Crippen molar-refractivity contribution in [3.05, 3.63) is 29.0 Å². The number of anilines is 1. The Labute approximate surface area is 171 Å². The van der Waals surface area contributed by atoms with Crippen LogP contribution in [0.15, 0.2) is 18.2 Å². The van der Waals surface area contributed by atoms with E-state index in [1.807, 2.05) is 20.8 Å². The minimum Gasteiger partial charge on any atom is -0.350 e. The Morgan fingerprint density at radius 1 is 1.21 bits per heavy atom. The smallest absolute Gasteiger partial charge is 0.234 e. The van der Waals surface area contributed by atoms with Gasteiger partial charge < -0.3 is 10.6 Å². The average Bonchev–Trinajstić information content (AvgIpc) is 2.51. The van der Waals surface area contributed by atoms with Crippen molar-refractivity contribution in [3.63, 3.8) is 0 Å². The highest BCUT2D eigenvalue weighted by molar-refractivity contribution is 6.30. The van der Waals surface area contributed by atoms with Gasteiger partial charge in [-0.05, 0) is 70.1 Å². The maximum Gasteiger partial charge on any atom is 0.234 e. The summed E-state index contributed by atoms with van der Waals surface area (Å²) in [6.45, 7) is 8.20. The molecule has 154 valence electrons. The first-order chi connectivity index (χ1) is 13.0. The molecule has 0 aromatic heterocycles. The molecule has 2 fully saturated rings. The molecule has 1 saturated carbocycles. The molecule has 1 saturated heterocycles. The summed E-state index contributed by atoms with van der Waals surface area (Å²) in [6.07, 6.45) is 3.59. The molecule has 7 heteroatoms. The van der Waals surface area contributed by atoms with Crippen LogP contribution < -0.4 is 10.6 Å². The highest BCUT2D eigenvalue weighted by atomic mass is 35.5. The van der Waals surface area contributed by atoms with Gasteiger partial charge in [-0.1, -0.05) is 11.6 Å². The van der Waals surface area contributed by atoms with Crippen LogP contribution in [0.5, 0.6) is 0 Å². The molecule has 1 aliphatic carbocycles. The van der Waals surface area contributed by atoms with Gasteiger partial charge in [0.1, 0.15) is 5.82 Å². The Bertz CT molecular complexity index is 726. The molecular weight excluding hydrogens is 381 g/mol. The van der Waals surface area contributed by atoms with Crippen molar-refractivity contribution in [2.45, 2.75) is 52.0 Å². The molecule has 2 amide bonds. The molecule has 1 spiro atoms. The Kier molecular flexibility index (Phi) is 6.01. The first kappa shape index (κ1) is 21.1. The van der Waals surface area contributed by atoms with Crippen LogP contribution in [0.1, 0.15) is 46.5 Å². The number of hydrogen-bond donors (Lipinski definition) is 2. The lowest BCUT2D eigenvalue weighted by molar-refractivity contribution is -0.129. The molecule has 1 heterocycles. The number of amides is 2. The number of rotatable bonds is 4. The summed E-state index contributed by atoms with van der Waals surface area (Å²) in [6, 6.07) is 4.05. The average molecular weight is 410 g/mol. The predicted molar refractivity (Wildman–Crippen MR) is 109 cm³/mol. The topological polar surface area (TPSA) is 61.4 Å². The van der Waals surface area contributed by atoms with Gasteiger partial charge in [-0.15, -0.1) is 0 Å². The molecule has 0 atom stereocenters. The zero-order valence-electron chi connectivity index (χ0n) is 16.8. The molecule has 1 aromatic rings. The van der Waals surface area contributed by atoms with E-state index in [4.69, 9.17) is 11.6 Å². The van der Waals surface area contributed by atoms with E-state index < -0.39 is 5.82 Å². The zero-order chi connectivity index (χ0) is 20.5. The third-order valence-electron chi connectivity index (χ3n) is 5.55. The number of hydrogen-bond acceptors (Lipinski definition) is 3. The van der Waals surface area contributed by atoms with Gasteiger partial charge in [0, 0.05) is 35.3 Å². The van der Waals surface area contributed by atoms with Crippen LogP contribution in [0.2, 0.25) is 5.02 Å². The summed E-state index contributed by atoms with van der Waals surface area (Å²) in [5, 5.41) is 6.05. The fourth-order valence-electron chi connectivity index (χ4n) is 4.35. The van der Waals surface area contributed by atoms with Gasteiger partial charge in [-0.2, -0.15) is 0 Å². The molecule has 1 aliphatic heterocycles. The SMILES string of the molecule is CC(C)(C)NC(=O)CN1CC2(CCC(C(=O)Nc3cc(F)cc(Cl)c3)CC2)C1. The maximum atomic E-state index is 13.4. The summed E-state index contributed by atoms with van der Waals surface area (Å²) in [5.74, 6) is -0.539. The van der Waals surface area contributed by atoms with E-state index in [0.717, 1.165) is 38.8 Å². The largest absolute Gasteiger partial charge is 0.350 e. The van der Waals surface area contributed by atoms with E-state index in [1.54, 1.807) is 6.07 Å². The quantitative estimate of drug-likeness (QED) is 0.794. The van der Waals surface area contributed by atoms with Crippen molar-refractivity contribution in [1.29, 1.82) is 0 Å². The summed E-state index contributed by atoms with van der Waals surface area (Å²) < 4.78 is 13.4. The monoisotopic (exact) mass is 409 g/mol. The van der Waals surface area contributed by atoms with Gasteiger partial charge in [0.25, 0.3) is 0 Å². The van der Waals surface area contributed by atoms with Gasteiger partial charge in [0.15, 0.2) is 0 Å². The second-order valence-corrected chi connectivity index (χ2v) is 9.80. The molecule has 0 bridgehead atoms. The molecule has 2 aliphatic rings. The van der Waals surface area contributed by atoms with E-state index >= 15 is 0 Å². The normalized spacial score (nSPS) is 19.9. The molecule has 28 heavy (non-hydrogen) atoms. The van der Waals surface area contributed by atoms with Crippen molar-refractivity contribution >= 4 is 29.1 Å². The first-order valence-electron chi connectivity index (χ1n) is 9.84. The second-order valence-electron chi connectivity index (χ2n) is 9.36. The summed E-state index contributed by atoms with van der Waals surface area (Å²) >= 11 is 5.84. The number of carbonyl (C=O) groups is 2. The first-order valence-corrected chi connectivity index (χ1v) is 10.2. The lowest BCUT2D eigenvalue weighted by Crippen LogP contribution is -2.60. The maximum absolute atomic E-state index is 13.4. The predicted octanol–water partition coefficient (Wildman–Crippen LogP) is 3.82. The van der Waals surface area contributed by atoms with E-state index in [-0.39, 0.29) is 33.7 Å². The standard InChI is InChI=1S/C21H29ClFN3O2/c1-20(2,3)25-18(27)11-26-12-21(13-26)6-4-14(5-7-21)19(28)24-17-9-15(22)8-16(23)10-17/h8-10,14H,4-7,11-13H2,1-3H3,(H,24,28)(H,25,27). The number of nitrogens with zero attached hydrogens (tertiary/aromatic N) is 1. The molecular formula is C21H29ClFN3O2. The fourth-order valence-corrected chi connectivity index (χ4v) is 4.58. The number of halogens is 2. The van der Waals surface area contributed by atoms with Crippen molar-refractivity contribution in [3.8, 4) is 0 Å². The van der Waals surface area contributed by atoms with E-state index in [2.05, 4.69) is 15.5 Å². The minimum absolute atomic E-state index is 0.0594. The van der Waals surface area contributed by atoms with Crippen molar-refractivity contribution in [2.24, 2.45) is 11.3 Å². The Morgan fingerprint density at radius 3 is 2.43 bits per heavy atom. The van der Waals surface area contributed by atoms with Crippen LogP contribution in [-0.4, -0.2) is 41.9 Å². The third-order valence-corrected chi connectivity index (χ3v) is 5.77. The fraction of sp³-hybridized carbons (Fsp3) is 0.619. The number of carbonyl (C=O) groups excluding carboxylic acids is 2. The lowest BCUT2D eigenvalue weighted by atomic mass is 9.65. The van der Waals surface area contributed by atoms with Gasteiger partial charge in [-0.25, -0.2) is 4.39 Å². The van der Waals surface area contributed by atoms with E-state index in [1.165, 1.54) is 12.1 Å².